The fraction of sp³-hybridized carbons (Fsp3) is 0. The highest BCUT2D eigenvalue weighted by atomic mass is 32.1. The third kappa shape index (κ3) is 0.760. The maximum Gasteiger partial charge on any atom is 0.191 e. The van der Waals surface area contributed by atoms with Gasteiger partial charge in [0.2, 0.25) is 0 Å². The summed E-state index contributed by atoms with van der Waals surface area (Å²) in [6, 6.07) is 0. The van der Waals surface area contributed by atoms with Crippen LogP contribution in [0, 0.1) is 0 Å². The lowest BCUT2D eigenvalue weighted by Gasteiger charge is -1.84. The van der Waals surface area contributed by atoms with Crippen molar-refractivity contribution in [3.8, 4) is 5.82 Å². The van der Waals surface area contributed by atoms with Gasteiger partial charge in [-0.25, -0.2) is 0 Å². The number of hydrogen-bond donors (Lipinski definition) is 0. The number of hydrogen-bond acceptors (Lipinski definition) is 6. The summed E-state index contributed by atoms with van der Waals surface area (Å²) in [6.07, 6.45) is 1.47. The molecule has 0 fully saturated rings. The largest absolute Gasteiger partial charge is 0.191 e. The number of tetrazole rings is 1. The molecule has 0 spiro atoms. The summed E-state index contributed by atoms with van der Waals surface area (Å²) in [5.41, 5.74) is 0. The van der Waals surface area contributed by atoms with Gasteiger partial charge in [0.25, 0.3) is 0 Å². The molecular formula is C3H2N6S. The first-order valence-electron chi connectivity index (χ1n) is 2.47. The van der Waals surface area contributed by atoms with Crippen molar-refractivity contribution in [3.63, 3.8) is 0 Å². The van der Waals surface area contributed by atoms with Crippen LogP contribution < -0.4 is 0 Å². The number of rotatable bonds is 1. The topological polar surface area (TPSA) is 69.4 Å². The maximum atomic E-state index is 3.75. The zero-order chi connectivity index (χ0) is 6.81. The van der Waals surface area contributed by atoms with Crippen LogP contribution in [0.4, 0.5) is 0 Å². The number of nitrogens with zero attached hydrogens (tertiary/aromatic N) is 6. The minimum absolute atomic E-state index is 0.648. The Balaban J connectivity index is 2.48. The minimum atomic E-state index is 0.648. The molecule has 0 saturated carbocycles. The van der Waals surface area contributed by atoms with Crippen molar-refractivity contribution in [2.45, 2.75) is 0 Å². The molecule has 6 nitrogen and oxygen atoms in total. The van der Waals surface area contributed by atoms with E-state index < -0.39 is 0 Å². The van der Waals surface area contributed by atoms with Crippen LogP contribution in [0.15, 0.2) is 11.7 Å². The predicted molar refractivity (Wildman–Crippen MR) is 32.6 cm³/mol. The van der Waals surface area contributed by atoms with Gasteiger partial charge in [-0.05, 0) is 22.0 Å². The molecule has 0 aliphatic rings. The van der Waals surface area contributed by atoms with E-state index in [-0.39, 0.29) is 0 Å². The Morgan fingerprint density at radius 3 is 3.10 bits per heavy atom. The summed E-state index contributed by atoms with van der Waals surface area (Å²) in [6.45, 7) is 0. The Labute approximate surface area is 59.7 Å². The molecule has 2 rings (SSSR count). The molecule has 2 aromatic heterocycles. The van der Waals surface area contributed by atoms with Crippen LogP contribution in [-0.4, -0.2) is 29.8 Å². The molecule has 0 saturated heterocycles. The first-order chi connectivity index (χ1) is 4.97. The van der Waals surface area contributed by atoms with Crippen LogP contribution in [0.1, 0.15) is 0 Å². The van der Waals surface area contributed by atoms with Crippen molar-refractivity contribution >= 4 is 11.5 Å². The van der Waals surface area contributed by atoms with E-state index in [9.17, 15) is 0 Å². The van der Waals surface area contributed by atoms with Crippen LogP contribution in [0.5, 0.6) is 0 Å². The van der Waals surface area contributed by atoms with Gasteiger partial charge in [-0.3, -0.25) is 0 Å². The molecule has 2 heterocycles. The van der Waals surface area contributed by atoms with Crippen molar-refractivity contribution in [2.75, 3.05) is 0 Å². The lowest BCUT2D eigenvalue weighted by atomic mass is 10.8. The Morgan fingerprint density at radius 2 is 2.50 bits per heavy atom. The fourth-order valence-corrected chi connectivity index (χ4v) is 0.953. The van der Waals surface area contributed by atoms with Crippen LogP contribution in [-0.2, 0) is 0 Å². The molecule has 0 N–H and O–H groups in total. The lowest BCUT2D eigenvalue weighted by Crippen LogP contribution is -1.94. The molecule has 0 radical (unpaired) electrons. The van der Waals surface area contributed by atoms with Gasteiger partial charge in [-0.1, -0.05) is 4.49 Å². The average molecular weight is 154 g/mol. The van der Waals surface area contributed by atoms with E-state index >= 15 is 0 Å². The van der Waals surface area contributed by atoms with Gasteiger partial charge in [0.05, 0.1) is 5.38 Å². The molecule has 2 aromatic rings. The Kier molecular flexibility index (Phi) is 1.14. The molecule has 0 bridgehead atoms. The van der Waals surface area contributed by atoms with E-state index in [0.29, 0.717) is 5.82 Å². The summed E-state index contributed by atoms with van der Waals surface area (Å²) in [4.78, 5) is 0. The monoisotopic (exact) mass is 154 g/mol. The molecular weight excluding hydrogens is 152 g/mol. The molecule has 50 valence electrons. The van der Waals surface area contributed by atoms with Crippen molar-refractivity contribution in [2.24, 2.45) is 0 Å². The van der Waals surface area contributed by atoms with E-state index in [0.717, 1.165) is 0 Å². The fourth-order valence-electron chi connectivity index (χ4n) is 0.526. The van der Waals surface area contributed by atoms with Crippen LogP contribution in [0.25, 0.3) is 5.82 Å². The SMILES string of the molecule is c1snnc1-n1cnnn1. The highest BCUT2D eigenvalue weighted by molar-refractivity contribution is 7.03. The minimum Gasteiger partial charge on any atom is -0.179 e. The quantitative estimate of drug-likeness (QED) is 0.554. The van der Waals surface area contributed by atoms with Crippen molar-refractivity contribution in [3.05, 3.63) is 11.7 Å². The summed E-state index contributed by atoms with van der Waals surface area (Å²) in [5, 5.41) is 16.0. The summed E-state index contributed by atoms with van der Waals surface area (Å²) < 4.78 is 5.10. The predicted octanol–water partition coefficient (Wildman–Crippen LogP) is -0.486. The Hall–Kier alpha value is -1.37. The zero-order valence-electron chi connectivity index (χ0n) is 4.75. The normalized spacial score (nSPS) is 10.0. The molecule has 0 unspecified atom stereocenters. The van der Waals surface area contributed by atoms with Crippen LogP contribution in [0.2, 0.25) is 0 Å². The molecule has 0 amide bonds. The molecule has 0 aliphatic heterocycles. The van der Waals surface area contributed by atoms with Gasteiger partial charge >= 0.3 is 0 Å². The Morgan fingerprint density at radius 1 is 1.50 bits per heavy atom. The van der Waals surface area contributed by atoms with E-state index in [4.69, 9.17) is 0 Å². The first-order valence-corrected chi connectivity index (χ1v) is 3.31. The third-order valence-electron chi connectivity index (χ3n) is 0.932. The lowest BCUT2D eigenvalue weighted by molar-refractivity contribution is 0.767. The van der Waals surface area contributed by atoms with Gasteiger partial charge in [-0.2, -0.15) is 4.68 Å². The van der Waals surface area contributed by atoms with Gasteiger partial charge < -0.3 is 0 Å². The van der Waals surface area contributed by atoms with Crippen molar-refractivity contribution in [1.29, 1.82) is 0 Å². The average Bonchev–Trinajstić information content (AvgIpc) is 2.59. The van der Waals surface area contributed by atoms with Gasteiger partial charge in [0.1, 0.15) is 6.33 Å². The smallest absolute Gasteiger partial charge is 0.179 e. The highest BCUT2D eigenvalue weighted by Gasteiger charge is 1.97. The van der Waals surface area contributed by atoms with Crippen LogP contribution >= 0.6 is 11.5 Å². The maximum absolute atomic E-state index is 3.75. The molecule has 0 aliphatic carbocycles. The standard InChI is InChI=1S/C3H2N6S/c1-3(5-8-10-1)9-2-4-6-7-9/h1-2H. The molecule has 7 heteroatoms. The Bertz CT molecular complexity index is 252. The van der Waals surface area contributed by atoms with Crippen molar-refractivity contribution in [1.82, 2.24) is 29.8 Å². The second-order valence-corrected chi connectivity index (χ2v) is 2.13. The van der Waals surface area contributed by atoms with Gasteiger partial charge in [0.15, 0.2) is 5.82 Å². The van der Waals surface area contributed by atoms with E-state index in [1.807, 2.05) is 0 Å². The molecule has 10 heavy (non-hydrogen) atoms. The summed E-state index contributed by atoms with van der Waals surface area (Å²) in [5.74, 6) is 0.648. The zero-order valence-corrected chi connectivity index (χ0v) is 5.56. The van der Waals surface area contributed by atoms with Gasteiger partial charge in [-0.15, -0.1) is 10.2 Å². The number of aromatic nitrogens is 6. The van der Waals surface area contributed by atoms with E-state index in [1.165, 1.54) is 22.5 Å². The first kappa shape index (κ1) is 5.42. The van der Waals surface area contributed by atoms with E-state index in [1.54, 1.807) is 5.38 Å². The highest BCUT2D eigenvalue weighted by Crippen LogP contribution is 1.99. The second kappa shape index (κ2) is 2.10. The summed E-state index contributed by atoms with van der Waals surface area (Å²) >= 11 is 1.26. The van der Waals surface area contributed by atoms with Crippen LogP contribution in [0.3, 0.4) is 0 Å². The second-order valence-electron chi connectivity index (χ2n) is 1.52. The molecule has 0 atom stereocenters. The molecule has 0 aromatic carbocycles. The van der Waals surface area contributed by atoms with Crippen molar-refractivity contribution < 1.29 is 0 Å². The third-order valence-corrected chi connectivity index (χ3v) is 1.42. The summed E-state index contributed by atoms with van der Waals surface area (Å²) in [7, 11) is 0. The van der Waals surface area contributed by atoms with Gasteiger partial charge in [0, 0.05) is 0 Å². The van der Waals surface area contributed by atoms with E-state index in [2.05, 4.69) is 25.1 Å².